The van der Waals surface area contributed by atoms with Crippen LogP contribution in [-0.2, 0) is 4.79 Å². The summed E-state index contributed by atoms with van der Waals surface area (Å²) in [7, 11) is 0. The van der Waals surface area contributed by atoms with Crippen LogP contribution < -0.4 is 0 Å². The quantitative estimate of drug-likeness (QED) is 0.545. The normalized spacial score (nSPS) is 12.9. The molecule has 1 atom stereocenters. The maximum atomic E-state index is 10.4. The molecule has 4 nitrogen and oxygen atoms in total. The zero-order valence-electron chi connectivity index (χ0n) is 7.59. The van der Waals surface area contributed by atoms with Crippen LogP contribution in [0.15, 0.2) is 24.3 Å². The third kappa shape index (κ3) is 3.18. The van der Waals surface area contributed by atoms with Crippen LogP contribution in [0.25, 0.3) is 6.08 Å². The Kier molecular flexibility index (Phi) is 3.57. The van der Waals surface area contributed by atoms with E-state index in [4.69, 9.17) is 26.9 Å². The van der Waals surface area contributed by atoms with Crippen molar-refractivity contribution in [3.05, 3.63) is 29.8 Å². The number of alkyl halides is 1. The van der Waals surface area contributed by atoms with E-state index in [2.05, 4.69) is 0 Å². The van der Waals surface area contributed by atoms with Gasteiger partial charge in [-0.15, -0.1) is 11.6 Å². The van der Waals surface area contributed by atoms with Crippen molar-refractivity contribution in [2.45, 2.75) is 5.38 Å². The molecule has 1 rings (SSSR count). The number of benzene rings is 1. The molecular weight excluding hydrogens is 220 g/mol. The zero-order chi connectivity index (χ0) is 11.4. The molecule has 0 radical (unpaired) electrons. The molecule has 1 aromatic carbocycles. The molecule has 0 aliphatic carbocycles. The first-order valence-corrected chi connectivity index (χ1v) is 4.51. The SMILES string of the molecule is O=C(O)C(Cl)/C=C/c1ccc(O)c(O)c1. The van der Waals surface area contributed by atoms with Crippen molar-refractivity contribution in [2.75, 3.05) is 0 Å². The average Bonchev–Trinajstić information content (AvgIpc) is 2.19. The number of phenolic OH excluding ortho intramolecular Hbond substituents is 2. The lowest BCUT2D eigenvalue weighted by Gasteiger charge is -1.99. The lowest BCUT2D eigenvalue weighted by molar-refractivity contribution is -0.135. The molecule has 0 aliphatic rings. The van der Waals surface area contributed by atoms with Gasteiger partial charge in [-0.3, -0.25) is 4.79 Å². The summed E-state index contributed by atoms with van der Waals surface area (Å²) in [6.45, 7) is 0. The van der Waals surface area contributed by atoms with Gasteiger partial charge >= 0.3 is 5.97 Å². The minimum Gasteiger partial charge on any atom is -0.504 e. The molecule has 1 unspecified atom stereocenters. The van der Waals surface area contributed by atoms with Gasteiger partial charge in [0.25, 0.3) is 0 Å². The van der Waals surface area contributed by atoms with Gasteiger partial charge in [-0.25, -0.2) is 0 Å². The fraction of sp³-hybridized carbons (Fsp3) is 0.100. The van der Waals surface area contributed by atoms with Gasteiger partial charge in [-0.05, 0) is 17.7 Å². The van der Waals surface area contributed by atoms with Crippen LogP contribution in [0.3, 0.4) is 0 Å². The predicted octanol–water partition coefficient (Wildman–Crippen LogP) is 1.80. The second-order valence-corrected chi connectivity index (χ2v) is 3.32. The van der Waals surface area contributed by atoms with Gasteiger partial charge in [0.15, 0.2) is 11.5 Å². The molecule has 0 bridgehead atoms. The fourth-order valence-electron chi connectivity index (χ4n) is 0.922. The number of carbonyl (C=O) groups is 1. The molecule has 1 aromatic rings. The van der Waals surface area contributed by atoms with E-state index in [0.29, 0.717) is 5.56 Å². The molecule has 0 saturated heterocycles. The molecule has 3 N–H and O–H groups in total. The minimum atomic E-state index is -1.14. The average molecular weight is 229 g/mol. The summed E-state index contributed by atoms with van der Waals surface area (Å²) in [6, 6.07) is 4.13. The first kappa shape index (κ1) is 11.4. The first-order valence-electron chi connectivity index (χ1n) is 4.08. The third-order valence-corrected chi connectivity index (χ3v) is 2.03. The van der Waals surface area contributed by atoms with Crippen LogP contribution in [0.2, 0.25) is 0 Å². The summed E-state index contributed by atoms with van der Waals surface area (Å²) < 4.78 is 0. The van der Waals surface area contributed by atoms with Gasteiger partial charge in [-0.2, -0.15) is 0 Å². The van der Waals surface area contributed by atoms with E-state index in [0.717, 1.165) is 0 Å². The van der Waals surface area contributed by atoms with Gasteiger partial charge in [-0.1, -0.05) is 18.2 Å². The molecule has 15 heavy (non-hydrogen) atoms. The maximum absolute atomic E-state index is 10.4. The monoisotopic (exact) mass is 228 g/mol. The van der Waals surface area contributed by atoms with Crippen molar-refractivity contribution in [1.82, 2.24) is 0 Å². The second-order valence-electron chi connectivity index (χ2n) is 2.85. The van der Waals surface area contributed by atoms with E-state index in [1.807, 2.05) is 0 Å². The number of hydrogen-bond acceptors (Lipinski definition) is 3. The Bertz CT molecular complexity index is 400. The van der Waals surface area contributed by atoms with Crippen molar-refractivity contribution in [3.63, 3.8) is 0 Å². The summed E-state index contributed by atoms with van der Waals surface area (Å²) in [6.07, 6.45) is 2.72. The maximum Gasteiger partial charge on any atom is 0.325 e. The molecular formula is C10H9ClO4. The van der Waals surface area contributed by atoms with Crippen molar-refractivity contribution >= 4 is 23.6 Å². The number of carboxylic acid groups (broad SMARTS) is 1. The molecule has 0 amide bonds. The lowest BCUT2D eigenvalue weighted by Crippen LogP contribution is -2.09. The number of aliphatic carboxylic acids is 1. The molecule has 5 heteroatoms. The van der Waals surface area contributed by atoms with Crippen molar-refractivity contribution in [2.24, 2.45) is 0 Å². The largest absolute Gasteiger partial charge is 0.504 e. The Morgan fingerprint density at radius 1 is 1.33 bits per heavy atom. The van der Waals surface area contributed by atoms with E-state index in [1.165, 1.54) is 30.4 Å². The number of carboxylic acids is 1. The minimum absolute atomic E-state index is 0.229. The van der Waals surface area contributed by atoms with Crippen LogP contribution in [0.4, 0.5) is 0 Å². The highest BCUT2D eigenvalue weighted by Crippen LogP contribution is 2.25. The van der Waals surface area contributed by atoms with Gasteiger partial charge in [0.2, 0.25) is 0 Å². The third-order valence-electron chi connectivity index (χ3n) is 1.69. The Morgan fingerprint density at radius 3 is 2.53 bits per heavy atom. The van der Waals surface area contributed by atoms with Crippen molar-refractivity contribution in [3.8, 4) is 11.5 Å². The number of rotatable bonds is 3. The first-order chi connectivity index (χ1) is 7.00. The Balaban J connectivity index is 2.81. The molecule has 0 heterocycles. The number of aromatic hydroxyl groups is 2. The summed E-state index contributed by atoms with van der Waals surface area (Å²) in [5.41, 5.74) is 0.553. The van der Waals surface area contributed by atoms with Crippen LogP contribution in [0.5, 0.6) is 11.5 Å². The molecule has 0 fully saturated rings. The highest BCUT2D eigenvalue weighted by Gasteiger charge is 2.08. The highest BCUT2D eigenvalue weighted by atomic mass is 35.5. The number of phenols is 2. The van der Waals surface area contributed by atoms with Crippen LogP contribution in [0, 0.1) is 0 Å². The summed E-state index contributed by atoms with van der Waals surface area (Å²) >= 11 is 5.44. The molecule has 0 aliphatic heterocycles. The van der Waals surface area contributed by atoms with E-state index >= 15 is 0 Å². The Morgan fingerprint density at radius 2 is 2.00 bits per heavy atom. The topological polar surface area (TPSA) is 77.8 Å². The van der Waals surface area contributed by atoms with Crippen molar-refractivity contribution < 1.29 is 20.1 Å². The summed E-state index contributed by atoms with van der Waals surface area (Å²) in [4.78, 5) is 10.4. The van der Waals surface area contributed by atoms with Gasteiger partial charge in [0.05, 0.1) is 0 Å². The summed E-state index contributed by atoms with van der Waals surface area (Å²) in [5, 5.41) is 25.5. The van der Waals surface area contributed by atoms with Gasteiger partial charge in [0.1, 0.15) is 5.38 Å². The lowest BCUT2D eigenvalue weighted by atomic mass is 10.2. The molecule has 80 valence electrons. The van der Waals surface area contributed by atoms with Crippen molar-refractivity contribution in [1.29, 1.82) is 0 Å². The van der Waals surface area contributed by atoms with E-state index in [1.54, 1.807) is 0 Å². The van der Waals surface area contributed by atoms with Gasteiger partial charge in [0, 0.05) is 0 Å². The van der Waals surface area contributed by atoms with Crippen LogP contribution in [0.1, 0.15) is 5.56 Å². The molecule has 0 spiro atoms. The molecule has 0 saturated carbocycles. The highest BCUT2D eigenvalue weighted by molar-refractivity contribution is 6.31. The van der Waals surface area contributed by atoms with Crippen LogP contribution >= 0.6 is 11.6 Å². The van der Waals surface area contributed by atoms with E-state index in [9.17, 15) is 4.79 Å². The standard InChI is InChI=1S/C10H9ClO4/c11-7(10(14)15)3-1-6-2-4-8(12)9(13)5-6/h1-5,7,12-13H,(H,14,15)/b3-1+. The predicted molar refractivity (Wildman–Crippen MR) is 56.1 cm³/mol. The Labute approximate surface area is 91.0 Å². The molecule has 0 aromatic heterocycles. The smallest absolute Gasteiger partial charge is 0.325 e. The number of hydrogen-bond donors (Lipinski definition) is 3. The van der Waals surface area contributed by atoms with E-state index < -0.39 is 11.3 Å². The summed E-state index contributed by atoms with van der Waals surface area (Å²) in [5.74, 6) is -1.64. The number of halogens is 1. The fourth-order valence-corrected chi connectivity index (χ4v) is 0.995. The van der Waals surface area contributed by atoms with Crippen LogP contribution in [-0.4, -0.2) is 26.7 Å². The van der Waals surface area contributed by atoms with E-state index in [-0.39, 0.29) is 11.5 Å². The van der Waals surface area contributed by atoms with Gasteiger partial charge < -0.3 is 15.3 Å². The second kappa shape index (κ2) is 4.70. The zero-order valence-corrected chi connectivity index (χ0v) is 8.35. The Hall–Kier alpha value is -1.68.